The van der Waals surface area contributed by atoms with Crippen molar-refractivity contribution in [3.8, 4) is 11.5 Å². The number of anilines is 1. The van der Waals surface area contributed by atoms with Crippen molar-refractivity contribution in [2.45, 2.75) is 20.4 Å². The number of methoxy groups -OCH3 is 2. The number of halogens is 2. The third-order valence-electron chi connectivity index (χ3n) is 4.04. The molecule has 0 aliphatic rings. The molecule has 0 bridgehead atoms. The first-order valence-electron chi connectivity index (χ1n) is 7.81. The van der Waals surface area contributed by atoms with Crippen LogP contribution in [0.1, 0.15) is 27.0 Å². The first kappa shape index (κ1) is 21.9. The van der Waals surface area contributed by atoms with Gasteiger partial charge in [0, 0.05) is 19.7 Å². The van der Waals surface area contributed by atoms with Gasteiger partial charge in [-0.3, -0.25) is 4.79 Å². The summed E-state index contributed by atoms with van der Waals surface area (Å²) in [7, 11) is 4.89. The molecule has 7 heteroatoms. The van der Waals surface area contributed by atoms with Crippen LogP contribution in [0.2, 0.25) is 5.02 Å². The molecule has 2 aromatic rings. The predicted octanol–water partition coefficient (Wildman–Crippen LogP) is 4.25. The van der Waals surface area contributed by atoms with Crippen LogP contribution in [0.25, 0.3) is 0 Å². The van der Waals surface area contributed by atoms with E-state index >= 15 is 0 Å². The van der Waals surface area contributed by atoms with Crippen molar-refractivity contribution in [1.82, 2.24) is 4.90 Å². The van der Waals surface area contributed by atoms with E-state index in [0.29, 0.717) is 28.6 Å². The number of hydrogen-bond donors (Lipinski definition) is 1. The predicted molar refractivity (Wildman–Crippen MR) is 108 cm³/mol. The first-order chi connectivity index (χ1) is 11.8. The van der Waals surface area contributed by atoms with Crippen LogP contribution >= 0.6 is 24.0 Å². The normalized spacial score (nSPS) is 10.1. The molecule has 142 valence electrons. The van der Waals surface area contributed by atoms with E-state index in [1.54, 1.807) is 31.2 Å². The van der Waals surface area contributed by atoms with E-state index in [4.69, 9.17) is 26.8 Å². The Morgan fingerprint density at radius 2 is 1.69 bits per heavy atom. The fourth-order valence-corrected chi connectivity index (χ4v) is 3.07. The molecule has 0 spiro atoms. The van der Waals surface area contributed by atoms with Crippen LogP contribution in [0.3, 0.4) is 0 Å². The number of nitrogens with two attached hydrogens (primary N) is 1. The third-order valence-corrected chi connectivity index (χ3v) is 4.37. The van der Waals surface area contributed by atoms with Gasteiger partial charge in [-0.05, 0) is 36.6 Å². The molecular weight excluding hydrogens is 375 g/mol. The molecule has 0 aromatic heterocycles. The highest BCUT2D eigenvalue weighted by Gasteiger charge is 2.19. The molecule has 1 amide bonds. The number of ether oxygens (including phenoxy) is 2. The monoisotopic (exact) mass is 398 g/mol. The fraction of sp³-hybridized carbons (Fsp3) is 0.316. The average Bonchev–Trinajstić information content (AvgIpc) is 2.56. The van der Waals surface area contributed by atoms with Gasteiger partial charge in [0.15, 0.2) is 0 Å². The zero-order valence-electron chi connectivity index (χ0n) is 15.6. The third kappa shape index (κ3) is 4.54. The largest absolute Gasteiger partial charge is 0.496 e. The van der Waals surface area contributed by atoms with E-state index in [-0.39, 0.29) is 18.3 Å². The minimum absolute atomic E-state index is 0. The van der Waals surface area contributed by atoms with Gasteiger partial charge in [-0.2, -0.15) is 0 Å². The molecular formula is C19H24Cl2N2O3. The van der Waals surface area contributed by atoms with Crippen LogP contribution in [0, 0.1) is 13.8 Å². The molecule has 0 unspecified atom stereocenters. The molecule has 0 saturated carbocycles. The second-order valence-corrected chi connectivity index (χ2v) is 6.41. The summed E-state index contributed by atoms with van der Waals surface area (Å²) in [5, 5.41) is 0.327. The lowest BCUT2D eigenvalue weighted by Crippen LogP contribution is -2.26. The van der Waals surface area contributed by atoms with Crippen molar-refractivity contribution < 1.29 is 14.3 Å². The Kier molecular flexibility index (Phi) is 7.60. The molecule has 0 fully saturated rings. The second-order valence-electron chi connectivity index (χ2n) is 6.00. The van der Waals surface area contributed by atoms with Crippen molar-refractivity contribution >= 4 is 35.6 Å². The van der Waals surface area contributed by atoms with E-state index < -0.39 is 0 Å². The smallest absolute Gasteiger partial charge is 0.257 e. The number of carbonyl (C=O) groups excluding carboxylic acids is 1. The molecule has 0 saturated heterocycles. The maximum absolute atomic E-state index is 12.8. The lowest BCUT2D eigenvalue weighted by molar-refractivity contribution is 0.0781. The fourth-order valence-electron chi connectivity index (χ4n) is 2.91. The molecule has 5 nitrogen and oxygen atoms in total. The highest BCUT2D eigenvalue weighted by Crippen LogP contribution is 2.30. The maximum Gasteiger partial charge on any atom is 0.257 e. The van der Waals surface area contributed by atoms with Gasteiger partial charge >= 0.3 is 0 Å². The van der Waals surface area contributed by atoms with Crippen LogP contribution in [0.5, 0.6) is 11.5 Å². The highest BCUT2D eigenvalue weighted by molar-refractivity contribution is 6.33. The molecule has 0 heterocycles. The number of hydrogen-bond acceptors (Lipinski definition) is 4. The zero-order valence-corrected chi connectivity index (χ0v) is 17.1. The summed E-state index contributed by atoms with van der Waals surface area (Å²) in [6.45, 7) is 4.43. The van der Waals surface area contributed by atoms with Crippen LogP contribution in [-0.4, -0.2) is 32.1 Å². The molecule has 0 radical (unpaired) electrons. The Morgan fingerprint density at radius 3 is 2.19 bits per heavy atom. The minimum atomic E-state index is -0.190. The van der Waals surface area contributed by atoms with Crippen molar-refractivity contribution in [2.75, 3.05) is 27.0 Å². The van der Waals surface area contributed by atoms with E-state index in [1.165, 1.54) is 7.11 Å². The Labute approximate surface area is 165 Å². The van der Waals surface area contributed by atoms with Gasteiger partial charge in [-0.25, -0.2) is 0 Å². The Balaban J connectivity index is 0.00000338. The van der Waals surface area contributed by atoms with Crippen molar-refractivity contribution in [2.24, 2.45) is 0 Å². The molecule has 0 aliphatic heterocycles. The summed E-state index contributed by atoms with van der Waals surface area (Å²) < 4.78 is 10.7. The van der Waals surface area contributed by atoms with E-state index in [1.807, 2.05) is 26.0 Å². The lowest BCUT2D eigenvalue weighted by atomic mass is 10.0. The summed E-state index contributed by atoms with van der Waals surface area (Å²) in [6.07, 6.45) is 0. The number of benzene rings is 2. The first-order valence-corrected chi connectivity index (χ1v) is 8.18. The summed E-state index contributed by atoms with van der Waals surface area (Å²) in [5.41, 5.74) is 9.62. The number of rotatable bonds is 5. The molecule has 2 rings (SSSR count). The number of aryl methyl sites for hydroxylation is 2. The van der Waals surface area contributed by atoms with Crippen LogP contribution < -0.4 is 15.2 Å². The summed E-state index contributed by atoms with van der Waals surface area (Å²) in [4.78, 5) is 14.4. The van der Waals surface area contributed by atoms with Crippen LogP contribution in [0.4, 0.5) is 5.69 Å². The van der Waals surface area contributed by atoms with Crippen molar-refractivity contribution in [1.29, 1.82) is 0 Å². The average molecular weight is 399 g/mol. The van der Waals surface area contributed by atoms with Gasteiger partial charge in [0.2, 0.25) is 0 Å². The summed E-state index contributed by atoms with van der Waals surface area (Å²) in [6, 6.07) is 7.13. The van der Waals surface area contributed by atoms with E-state index in [0.717, 1.165) is 22.4 Å². The Hall–Kier alpha value is -2.11. The molecule has 0 atom stereocenters. The van der Waals surface area contributed by atoms with Gasteiger partial charge in [0.05, 0.1) is 30.5 Å². The van der Waals surface area contributed by atoms with Crippen molar-refractivity contribution in [3.63, 3.8) is 0 Å². The SMILES string of the molecule is COc1cc(N)c(Cl)cc1C(=O)N(C)Cc1cc(C)c(OC)c(C)c1.Cl. The van der Waals surface area contributed by atoms with Crippen LogP contribution in [0.15, 0.2) is 24.3 Å². The van der Waals surface area contributed by atoms with E-state index in [2.05, 4.69) is 0 Å². The van der Waals surface area contributed by atoms with Gasteiger partial charge in [0.25, 0.3) is 5.91 Å². The van der Waals surface area contributed by atoms with E-state index in [9.17, 15) is 4.79 Å². The second kappa shape index (κ2) is 9.01. The Bertz CT molecular complexity index is 787. The van der Waals surface area contributed by atoms with Crippen molar-refractivity contribution in [3.05, 3.63) is 51.5 Å². The van der Waals surface area contributed by atoms with Gasteiger partial charge in [-0.1, -0.05) is 23.7 Å². The van der Waals surface area contributed by atoms with Crippen LogP contribution in [-0.2, 0) is 6.54 Å². The minimum Gasteiger partial charge on any atom is -0.496 e. The highest BCUT2D eigenvalue weighted by atomic mass is 35.5. The maximum atomic E-state index is 12.8. The standard InChI is InChI=1S/C19H23ClN2O3.ClH/c1-11-6-13(7-12(2)18(11)25-5)10-22(3)19(23)14-8-15(20)16(21)9-17(14)24-4;/h6-9H,10,21H2,1-5H3;1H. The quantitative estimate of drug-likeness (QED) is 0.764. The van der Waals surface area contributed by atoms with Gasteiger partial charge in [-0.15, -0.1) is 12.4 Å². The topological polar surface area (TPSA) is 64.8 Å². The molecule has 0 aliphatic carbocycles. The van der Waals surface area contributed by atoms with Gasteiger partial charge in [0.1, 0.15) is 11.5 Å². The number of nitrogens with zero attached hydrogens (tertiary/aromatic N) is 1. The molecule has 26 heavy (non-hydrogen) atoms. The lowest BCUT2D eigenvalue weighted by Gasteiger charge is -2.20. The van der Waals surface area contributed by atoms with Gasteiger partial charge < -0.3 is 20.1 Å². The number of nitrogen functional groups attached to an aromatic ring is 1. The molecule has 2 N–H and O–H groups in total. The number of amides is 1. The zero-order chi connectivity index (χ0) is 18.7. The summed E-state index contributed by atoms with van der Waals surface area (Å²) >= 11 is 6.06. The summed E-state index contributed by atoms with van der Waals surface area (Å²) in [5.74, 6) is 1.08. The number of carbonyl (C=O) groups is 1. The Morgan fingerprint density at radius 1 is 1.12 bits per heavy atom. The molecule has 2 aromatic carbocycles.